The van der Waals surface area contributed by atoms with Crippen molar-refractivity contribution in [3.05, 3.63) is 11.6 Å². The third kappa shape index (κ3) is 7.07. The number of rotatable bonds is 11. The second-order valence-electron chi connectivity index (χ2n) is 16.6. The molecule has 5 rings (SSSR count). The highest BCUT2D eigenvalue weighted by Crippen LogP contribution is 2.67. The lowest BCUT2D eigenvalue weighted by Crippen LogP contribution is -2.51. The Morgan fingerprint density at radius 1 is 0.936 bits per heavy atom. The summed E-state index contributed by atoms with van der Waals surface area (Å²) < 4.78 is 28.3. The van der Waals surface area contributed by atoms with Gasteiger partial charge in [-0.25, -0.2) is 4.79 Å². The minimum atomic E-state index is -1.24. The van der Waals surface area contributed by atoms with Crippen molar-refractivity contribution in [3.8, 4) is 0 Å². The molecule has 0 spiro atoms. The summed E-state index contributed by atoms with van der Waals surface area (Å²) in [6.45, 7) is 17.4. The van der Waals surface area contributed by atoms with Crippen molar-refractivity contribution >= 4 is 17.9 Å². The van der Waals surface area contributed by atoms with Gasteiger partial charge in [0.15, 0.2) is 24.6 Å². The Morgan fingerprint density at radius 3 is 2.28 bits per heavy atom. The summed E-state index contributed by atoms with van der Waals surface area (Å²) in [7, 11) is 1.24. The molecular formula is C39H62O8. The van der Waals surface area contributed by atoms with Crippen molar-refractivity contribution in [3.63, 3.8) is 0 Å². The zero-order valence-electron chi connectivity index (χ0n) is 30.5. The summed E-state index contributed by atoms with van der Waals surface area (Å²) in [5, 5.41) is 0. The number of hydrogen-bond acceptors (Lipinski definition) is 8. The van der Waals surface area contributed by atoms with E-state index in [1.807, 2.05) is 0 Å². The normalized spacial score (nSPS) is 40.8. The SMILES string of the molecule is CCC(CCC(C)C1CCC2C3CC=C4CC(OC5OC(C(=O)OC)C(OC(C)=O)C5OC(C)=O)CCC4(C)C3CCC12C)C(C)C. The van der Waals surface area contributed by atoms with Gasteiger partial charge in [-0.2, -0.15) is 0 Å². The van der Waals surface area contributed by atoms with Crippen LogP contribution in [0.15, 0.2) is 11.6 Å². The predicted octanol–water partition coefficient (Wildman–Crippen LogP) is 7.81. The summed E-state index contributed by atoms with van der Waals surface area (Å²) in [5.41, 5.74) is 2.08. The van der Waals surface area contributed by atoms with Crippen LogP contribution in [0, 0.1) is 52.3 Å². The Hall–Kier alpha value is -1.93. The van der Waals surface area contributed by atoms with Crippen LogP contribution in [0.2, 0.25) is 0 Å². The van der Waals surface area contributed by atoms with Crippen LogP contribution in [0.25, 0.3) is 0 Å². The van der Waals surface area contributed by atoms with Crippen LogP contribution in [0.1, 0.15) is 126 Å². The Kier molecular flexibility index (Phi) is 11.2. The van der Waals surface area contributed by atoms with Crippen LogP contribution in [0.3, 0.4) is 0 Å². The maximum Gasteiger partial charge on any atom is 0.339 e. The highest BCUT2D eigenvalue weighted by Gasteiger charge is 2.60. The first-order valence-corrected chi connectivity index (χ1v) is 18.7. The van der Waals surface area contributed by atoms with Crippen molar-refractivity contribution in [2.75, 3.05) is 7.11 Å². The minimum Gasteiger partial charge on any atom is -0.467 e. The second-order valence-corrected chi connectivity index (χ2v) is 16.6. The van der Waals surface area contributed by atoms with E-state index in [-0.39, 0.29) is 11.5 Å². The highest BCUT2D eigenvalue weighted by atomic mass is 16.7. The summed E-state index contributed by atoms with van der Waals surface area (Å²) in [6, 6.07) is 0. The number of ether oxygens (including phenoxy) is 5. The van der Waals surface area contributed by atoms with Crippen molar-refractivity contribution in [1.29, 1.82) is 0 Å². The minimum absolute atomic E-state index is 0.153. The highest BCUT2D eigenvalue weighted by molar-refractivity contribution is 5.77. The van der Waals surface area contributed by atoms with Gasteiger partial charge in [-0.1, -0.05) is 66.0 Å². The van der Waals surface area contributed by atoms with Crippen LogP contribution >= 0.6 is 0 Å². The van der Waals surface area contributed by atoms with Gasteiger partial charge in [0.25, 0.3) is 0 Å². The maximum absolute atomic E-state index is 12.6. The molecule has 0 bridgehead atoms. The van der Waals surface area contributed by atoms with Gasteiger partial charge in [0.1, 0.15) is 0 Å². The van der Waals surface area contributed by atoms with Crippen molar-refractivity contribution in [2.45, 2.75) is 157 Å². The van der Waals surface area contributed by atoms with Gasteiger partial charge in [-0.15, -0.1) is 0 Å². The molecule has 8 heteroatoms. The Balaban J connectivity index is 1.27. The molecule has 0 N–H and O–H groups in total. The topological polar surface area (TPSA) is 97.4 Å². The fraction of sp³-hybridized carbons (Fsp3) is 0.872. The van der Waals surface area contributed by atoms with Gasteiger partial charge in [0.05, 0.1) is 13.2 Å². The Morgan fingerprint density at radius 2 is 1.64 bits per heavy atom. The molecule has 0 aromatic rings. The molecule has 0 aromatic heterocycles. The van der Waals surface area contributed by atoms with Gasteiger partial charge < -0.3 is 23.7 Å². The number of fused-ring (bicyclic) bond motifs is 5. The molecule has 47 heavy (non-hydrogen) atoms. The fourth-order valence-corrected chi connectivity index (χ4v) is 11.3. The number of carbonyl (C=O) groups is 3. The van der Waals surface area contributed by atoms with Crippen LogP contribution in [0.5, 0.6) is 0 Å². The molecule has 0 aromatic carbocycles. The smallest absolute Gasteiger partial charge is 0.339 e. The summed E-state index contributed by atoms with van der Waals surface area (Å²) in [6.07, 6.45) is 11.1. The average molecular weight is 659 g/mol. The number of methoxy groups -OCH3 is 1. The van der Waals surface area contributed by atoms with Crippen LogP contribution in [-0.4, -0.2) is 55.7 Å². The molecule has 0 radical (unpaired) electrons. The first-order chi connectivity index (χ1) is 22.2. The van der Waals surface area contributed by atoms with Gasteiger partial charge in [0.2, 0.25) is 0 Å². The fourth-order valence-electron chi connectivity index (χ4n) is 11.3. The van der Waals surface area contributed by atoms with E-state index in [0.717, 1.165) is 61.2 Å². The lowest BCUT2D eigenvalue weighted by Gasteiger charge is -2.58. The molecule has 1 heterocycles. The number of allylic oxidation sites excluding steroid dienone is 1. The molecule has 1 saturated heterocycles. The third-order valence-corrected chi connectivity index (χ3v) is 13.8. The Labute approximate surface area is 283 Å². The van der Waals surface area contributed by atoms with E-state index in [2.05, 4.69) is 47.6 Å². The third-order valence-electron chi connectivity index (χ3n) is 13.8. The van der Waals surface area contributed by atoms with Gasteiger partial charge in [0, 0.05) is 13.8 Å². The van der Waals surface area contributed by atoms with E-state index in [1.54, 1.807) is 0 Å². The summed E-state index contributed by atoms with van der Waals surface area (Å²) in [4.78, 5) is 36.5. The van der Waals surface area contributed by atoms with E-state index < -0.39 is 42.5 Å². The number of esters is 3. The molecule has 5 aliphatic rings. The van der Waals surface area contributed by atoms with Crippen molar-refractivity contribution < 1.29 is 38.1 Å². The molecule has 13 unspecified atom stereocenters. The van der Waals surface area contributed by atoms with E-state index in [9.17, 15) is 14.4 Å². The van der Waals surface area contributed by atoms with Crippen LogP contribution < -0.4 is 0 Å². The van der Waals surface area contributed by atoms with Crippen LogP contribution in [-0.2, 0) is 38.1 Å². The zero-order chi connectivity index (χ0) is 34.3. The predicted molar refractivity (Wildman–Crippen MR) is 179 cm³/mol. The molecule has 0 amide bonds. The molecule has 13 atom stereocenters. The van der Waals surface area contributed by atoms with E-state index >= 15 is 0 Å². The number of hydrogen-bond donors (Lipinski definition) is 0. The van der Waals surface area contributed by atoms with Crippen LogP contribution in [0.4, 0.5) is 0 Å². The largest absolute Gasteiger partial charge is 0.467 e. The van der Waals surface area contributed by atoms with Crippen molar-refractivity contribution in [2.24, 2.45) is 52.3 Å². The van der Waals surface area contributed by atoms with Gasteiger partial charge >= 0.3 is 17.9 Å². The molecule has 266 valence electrons. The standard InChI is InChI=1S/C39H62O8/c1-10-26(22(2)3)12-11-23(4)30-15-16-31-29-14-13-27-21-28(17-19-38(27,7)32(29)18-20-39(30,31)8)46-37-35(45-25(6)41)33(44-24(5)40)34(47-37)36(42)43-9/h13,22-23,26,28-35,37H,10-12,14-21H2,1-9H3. The lowest BCUT2D eigenvalue weighted by atomic mass is 9.47. The first kappa shape index (κ1) is 36.4. The molecule has 4 aliphatic carbocycles. The van der Waals surface area contributed by atoms with Gasteiger partial charge in [-0.05, 0) is 110 Å². The number of carbonyl (C=O) groups excluding carboxylic acids is 3. The summed E-state index contributed by atoms with van der Waals surface area (Å²) >= 11 is 0. The molecule has 3 saturated carbocycles. The quantitative estimate of drug-likeness (QED) is 0.126. The monoisotopic (exact) mass is 658 g/mol. The average Bonchev–Trinajstić information content (AvgIpc) is 3.53. The van der Waals surface area contributed by atoms with E-state index in [4.69, 9.17) is 23.7 Å². The van der Waals surface area contributed by atoms with Crippen molar-refractivity contribution in [1.82, 2.24) is 0 Å². The maximum atomic E-state index is 12.6. The molecular weight excluding hydrogens is 596 g/mol. The summed E-state index contributed by atoms with van der Waals surface area (Å²) in [5.74, 6) is 3.60. The van der Waals surface area contributed by atoms with E-state index in [0.29, 0.717) is 11.3 Å². The first-order valence-electron chi connectivity index (χ1n) is 18.7. The molecule has 4 fully saturated rings. The zero-order valence-corrected chi connectivity index (χ0v) is 30.5. The molecule has 1 aliphatic heterocycles. The molecule has 8 nitrogen and oxygen atoms in total. The van der Waals surface area contributed by atoms with E-state index in [1.165, 1.54) is 71.5 Å². The van der Waals surface area contributed by atoms with Gasteiger partial charge in [-0.3, -0.25) is 9.59 Å². The second kappa shape index (κ2) is 14.5. The lowest BCUT2D eigenvalue weighted by molar-refractivity contribution is -0.211. The Bertz CT molecular complexity index is 1180.